The van der Waals surface area contributed by atoms with Crippen LogP contribution in [0.2, 0.25) is 0 Å². The van der Waals surface area contributed by atoms with Gasteiger partial charge >= 0.3 is 0 Å². The van der Waals surface area contributed by atoms with Crippen LogP contribution in [-0.4, -0.2) is 35.3 Å². The zero-order chi connectivity index (χ0) is 11.4. The maximum Gasteiger partial charge on any atom is 0.114 e. The summed E-state index contributed by atoms with van der Waals surface area (Å²) in [5.74, 6) is 0. The highest BCUT2D eigenvalue weighted by Gasteiger charge is 2.20. The predicted octanol–water partition coefficient (Wildman–Crippen LogP) is 0.575. The molecule has 0 radical (unpaired) electrons. The van der Waals surface area contributed by atoms with Crippen LogP contribution in [-0.2, 0) is 6.54 Å². The number of nitrogens with zero attached hydrogens (tertiary/aromatic N) is 2. The van der Waals surface area contributed by atoms with Gasteiger partial charge in [-0.3, -0.25) is 9.97 Å². The number of halogens is 1. The van der Waals surface area contributed by atoms with Crippen LogP contribution in [0, 0.1) is 6.92 Å². The summed E-state index contributed by atoms with van der Waals surface area (Å²) in [5.41, 5.74) is 1.80. The molecular formula is C11H17FN4. The lowest BCUT2D eigenvalue weighted by molar-refractivity contribution is 0.228. The van der Waals surface area contributed by atoms with Crippen LogP contribution in [0.4, 0.5) is 4.39 Å². The summed E-state index contributed by atoms with van der Waals surface area (Å²) >= 11 is 0. The largest absolute Gasteiger partial charge is 0.312 e. The third-order valence-corrected chi connectivity index (χ3v) is 2.70. The SMILES string of the molecule is Cc1cnc(CN[C@@H]2CNC[C@H](F)C2)cn1. The molecule has 1 aromatic rings. The molecule has 0 saturated carbocycles. The molecule has 2 rings (SSSR count). The Morgan fingerprint density at radius 2 is 2.31 bits per heavy atom. The van der Waals surface area contributed by atoms with Gasteiger partial charge in [0.05, 0.1) is 11.4 Å². The van der Waals surface area contributed by atoms with Gasteiger partial charge in [0, 0.05) is 38.1 Å². The van der Waals surface area contributed by atoms with Crippen molar-refractivity contribution in [2.24, 2.45) is 0 Å². The normalized spacial score (nSPS) is 25.6. The van der Waals surface area contributed by atoms with Gasteiger partial charge in [-0.25, -0.2) is 4.39 Å². The topological polar surface area (TPSA) is 49.8 Å². The van der Waals surface area contributed by atoms with Crippen LogP contribution in [0.3, 0.4) is 0 Å². The standard InChI is InChI=1S/C11H17FN4/c1-8-3-15-11(6-14-8)7-16-10-2-9(12)4-13-5-10/h3,6,9-10,13,16H,2,4-5,7H2,1H3/t9-,10+/m1/s1. The number of nitrogens with one attached hydrogen (secondary N) is 2. The van der Waals surface area contributed by atoms with E-state index in [0.29, 0.717) is 19.5 Å². The van der Waals surface area contributed by atoms with Gasteiger partial charge in [-0.2, -0.15) is 0 Å². The smallest absolute Gasteiger partial charge is 0.114 e. The molecule has 4 nitrogen and oxygen atoms in total. The molecule has 2 atom stereocenters. The Balaban J connectivity index is 1.80. The van der Waals surface area contributed by atoms with Gasteiger partial charge in [0.25, 0.3) is 0 Å². The van der Waals surface area contributed by atoms with Crippen molar-refractivity contribution in [1.82, 2.24) is 20.6 Å². The van der Waals surface area contributed by atoms with Gasteiger partial charge < -0.3 is 10.6 Å². The number of hydrogen-bond donors (Lipinski definition) is 2. The Hall–Kier alpha value is -1.07. The molecular weight excluding hydrogens is 207 g/mol. The Kier molecular flexibility index (Phi) is 3.79. The molecule has 0 aromatic carbocycles. The molecule has 0 unspecified atom stereocenters. The fraction of sp³-hybridized carbons (Fsp3) is 0.636. The molecule has 1 aliphatic rings. The quantitative estimate of drug-likeness (QED) is 0.788. The van der Waals surface area contributed by atoms with E-state index in [0.717, 1.165) is 17.9 Å². The van der Waals surface area contributed by atoms with E-state index in [4.69, 9.17) is 0 Å². The first kappa shape index (κ1) is 11.4. The van der Waals surface area contributed by atoms with Crippen LogP contribution >= 0.6 is 0 Å². The molecule has 0 bridgehead atoms. The molecule has 0 aliphatic carbocycles. The second kappa shape index (κ2) is 5.32. The van der Waals surface area contributed by atoms with Gasteiger partial charge in [0.15, 0.2) is 0 Å². The first-order valence-electron chi connectivity index (χ1n) is 5.60. The number of aromatic nitrogens is 2. The molecule has 5 heteroatoms. The average Bonchev–Trinajstić information content (AvgIpc) is 2.28. The Morgan fingerprint density at radius 1 is 1.44 bits per heavy atom. The van der Waals surface area contributed by atoms with Crippen molar-refractivity contribution in [2.45, 2.75) is 32.1 Å². The van der Waals surface area contributed by atoms with E-state index < -0.39 is 6.17 Å². The minimum absolute atomic E-state index is 0.187. The molecule has 16 heavy (non-hydrogen) atoms. The third kappa shape index (κ3) is 3.21. The van der Waals surface area contributed by atoms with Crippen LogP contribution in [0.15, 0.2) is 12.4 Å². The number of piperidine rings is 1. The molecule has 88 valence electrons. The van der Waals surface area contributed by atoms with Crippen molar-refractivity contribution in [3.63, 3.8) is 0 Å². The van der Waals surface area contributed by atoms with Gasteiger partial charge in [-0.15, -0.1) is 0 Å². The molecule has 0 amide bonds. The van der Waals surface area contributed by atoms with Crippen molar-refractivity contribution in [3.05, 3.63) is 23.8 Å². The molecule has 2 heterocycles. The lowest BCUT2D eigenvalue weighted by Gasteiger charge is -2.26. The maximum atomic E-state index is 13.1. The second-order valence-corrected chi connectivity index (χ2v) is 4.22. The number of aryl methyl sites for hydroxylation is 1. The van der Waals surface area contributed by atoms with E-state index >= 15 is 0 Å². The summed E-state index contributed by atoms with van der Waals surface area (Å²) in [7, 11) is 0. The molecule has 0 spiro atoms. The predicted molar refractivity (Wildman–Crippen MR) is 59.8 cm³/mol. The van der Waals surface area contributed by atoms with Crippen molar-refractivity contribution in [2.75, 3.05) is 13.1 Å². The Morgan fingerprint density at radius 3 is 3.00 bits per heavy atom. The first-order valence-corrected chi connectivity index (χ1v) is 5.60. The minimum Gasteiger partial charge on any atom is -0.312 e. The molecule has 2 N–H and O–H groups in total. The highest BCUT2D eigenvalue weighted by Crippen LogP contribution is 2.07. The fourth-order valence-corrected chi connectivity index (χ4v) is 1.80. The highest BCUT2D eigenvalue weighted by atomic mass is 19.1. The maximum absolute atomic E-state index is 13.1. The molecule has 1 aromatic heterocycles. The minimum atomic E-state index is -0.740. The van der Waals surface area contributed by atoms with E-state index in [2.05, 4.69) is 20.6 Å². The average molecular weight is 224 g/mol. The number of rotatable bonds is 3. The summed E-state index contributed by atoms with van der Waals surface area (Å²) in [4.78, 5) is 8.41. The van der Waals surface area contributed by atoms with Crippen LogP contribution < -0.4 is 10.6 Å². The Labute approximate surface area is 94.7 Å². The fourth-order valence-electron chi connectivity index (χ4n) is 1.80. The molecule has 1 saturated heterocycles. The van der Waals surface area contributed by atoms with Crippen molar-refractivity contribution in [3.8, 4) is 0 Å². The van der Waals surface area contributed by atoms with Gasteiger partial charge in [-0.1, -0.05) is 0 Å². The van der Waals surface area contributed by atoms with Crippen LogP contribution in [0.25, 0.3) is 0 Å². The van der Waals surface area contributed by atoms with Crippen LogP contribution in [0.1, 0.15) is 17.8 Å². The lowest BCUT2D eigenvalue weighted by Crippen LogP contribution is -2.47. The number of alkyl halides is 1. The van der Waals surface area contributed by atoms with Gasteiger partial charge in [0.1, 0.15) is 6.17 Å². The zero-order valence-corrected chi connectivity index (χ0v) is 9.41. The summed E-state index contributed by atoms with van der Waals surface area (Å²) in [6.07, 6.45) is 3.33. The zero-order valence-electron chi connectivity index (χ0n) is 9.41. The van der Waals surface area contributed by atoms with E-state index in [-0.39, 0.29) is 6.04 Å². The van der Waals surface area contributed by atoms with Gasteiger partial charge in [0.2, 0.25) is 0 Å². The summed E-state index contributed by atoms with van der Waals surface area (Å²) in [5, 5.41) is 6.34. The molecule has 1 fully saturated rings. The number of hydrogen-bond acceptors (Lipinski definition) is 4. The highest BCUT2D eigenvalue weighted by molar-refractivity contribution is 5.00. The van der Waals surface area contributed by atoms with Gasteiger partial charge in [-0.05, 0) is 13.3 Å². The summed E-state index contributed by atoms with van der Waals surface area (Å²) in [6.45, 7) is 3.84. The van der Waals surface area contributed by atoms with E-state index in [1.54, 1.807) is 12.4 Å². The first-order chi connectivity index (χ1) is 7.74. The van der Waals surface area contributed by atoms with Crippen LogP contribution in [0.5, 0.6) is 0 Å². The van der Waals surface area contributed by atoms with E-state index in [1.807, 2.05) is 6.92 Å². The third-order valence-electron chi connectivity index (χ3n) is 2.70. The van der Waals surface area contributed by atoms with E-state index in [9.17, 15) is 4.39 Å². The van der Waals surface area contributed by atoms with Crippen molar-refractivity contribution >= 4 is 0 Å². The van der Waals surface area contributed by atoms with E-state index in [1.165, 1.54) is 0 Å². The van der Waals surface area contributed by atoms with Crippen molar-refractivity contribution in [1.29, 1.82) is 0 Å². The van der Waals surface area contributed by atoms with Crippen molar-refractivity contribution < 1.29 is 4.39 Å². The molecule has 1 aliphatic heterocycles. The summed E-state index contributed by atoms with van der Waals surface area (Å²) < 4.78 is 13.1. The lowest BCUT2D eigenvalue weighted by atomic mass is 10.1. The monoisotopic (exact) mass is 224 g/mol. The Bertz CT molecular complexity index is 327. The summed E-state index contributed by atoms with van der Waals surface area (Å²) in [6, 6.07) is 0.187. The second-order valence-electron chi connectivity index (χ2n) is 4.22.